The van der Waals surface area contributed by atoms with Crippen LogP contribution in [0.1, 0.15) is 35.7 Å². The van der Waals surface area contributed by atoms with Crippen LogP contribution in [-0.2, 0) is 11.2 Å². The van der Waals surface area contributed by atoms with Crippen molar-refractivity contribution in [1.29, 1.82) is 0 Å². The second-order valence-electron chi connectivity index (χ2n) is 6.11. The molecular weight excluding hydrogens is 338 g/mol. The minimum Gasteiger partial charge on any atom is -0.490 e. The molecule has 1 amide bonds. The molecule has 0 aromatic heterocycles. The van der Waals surface area contributed by atoms with Crippen molar-refractivity contribution in [3.05, 3.63) is 58.6 Å². The van der Waals surface area contributed by atoms with Gasteiger partial charge in [0.25, 0.3) is 0 Å². The van der Waals surface area contributed by atoms with Crippen molar-refractivity contribution in [1.82, 2.24) is 0 Å². The van der Waals surface area contributed by atoms with Gasteiger partial charge < -0.3 is 9.64 Å². The highest BCUT2D eigenvalue weighted by atomic mass is 35.5. The van der Waals surface area contributed by atoms with Gasteiger partial charge in [-0.1, -0.05) is 23.7 Å². The Kier molecular flexibility index (Phi) is 5.39. The van der Waals surface area contributed by atoms with Crippen LogP contribution in [0.4, 0.5) is 5.69 Å². The number of hydrogen-bond acceptors (Lipinski definition) is 3. The van der Waals surface area contributed by atoms with E-state index in [2.05, 4.69) is 0 Å². The Labute approximate surface area is 152 Å². The topological polar surface area (TPSA) is 46.6 Å². The fourth-order valence-corrected chi connectivity index (χ4v) is 3.05. The van der Waals surface area contributed by atoms with Gasteiger partial charge in [-0.25, -0.2) is 0 Å². The number of carbonyl (C=O) groups excluding carboxylic acids is 2. The first kappa shape index (κ1) is 17.5. The summed E-state index contributed by atoms with van der Waals surface area (Å²) in [6, 6.07) is 12.9. The third-order valence-corrected chi connectivity index (χ3v) is 4.55. The number of benzene rings is 2. The minimum atomic E-state index is -0.0245. The van der Waals surface area contributed by atoms with Gasteiger partial charge in [-0.05, 0) is 55.7 Å². The molecule has 0 spiro atoms. The standard InChI is InChI=1S/C20H20ClNO3/c1-14(23)16-7-10-19-18(13-16)22(11-12-25-19)20(24)4-2-3-15-5-8-17(21)9-6-15/h5-10,13H,2-4,11-12H2,1H3. The van der Waals surface area contributed by atoms with E-state index in [0.29, 0.717) is 41.6 Å². The average Bonchev–Trinajstić information content (AvgIpc) is 2.62. The van der Waals surface area contributed by atoms with Crippen molar-refractivity contribution < 1.29 is 14.3 Å². The predicted molar refractivity (Wildman–Crippen MR) is 98.7 cm³/mol. The molecule has 1 heterocycles. The molecule has 0 N–H and O–H groups in total. The number of anilines is 1. The van der Waals surface area contributed by atoms with E-state index in [1.807, 2.05) is 24.3 Å². The van der Waals surface area contributed by atoms with E-state index in [1.165, 1.54) is 12.5 Å². The Morgan fingerprint density at radius 1 is 1.16 bits per heavy atom. The Balaban J connectivity index is 1.66. The van der Waals surface area contributed by atoms with E-state index in [0.717, 1.165) is 12.8 Å². The number of fused-ring (bicyclic) bond motifs is 1. The second-order valence-corrected chi connectivity index (χ2v) is 6.55. The van der Waals surface area contributed by atoms with Gasteiger partial charge in [0.05, 0.1) is 12.2 Å². The molecule has 0 saturated heterocycles. The molecule has 1 aliphatic rings. The first-order chi connectivity index (χ1) is 12.0. The molecule has 1 aliphatic heterocycles. The number of nitrogens with zero attached hydrogens (tertiary/aromatic N) is 1. The van der Waals surface area contributed by atoms with Gasteiger partial charge in [0.1, 0.15) is 12.4 Å². The summed E-state index contributed by atoms with van der Waals surface area (Å²) >= 11 is 5.88. The second kappa shape index (κ2) is 7.70. The van der Waals surface area contributed by atoms with Crippen molar-refractivity contribution in [3.8, 4) is 5.75 Å². The summed E-state index contributed by atoms with van der Waals surface area (Å²) in [6.45, 7) is 2.49. The molecule has 0 fully saturated rings. The highest BCUT2D eigenvalue weighted by Crippen LogP contribution is 2.33. The molecule has 0 aliphatic carbocycles. The number of ether oxygens (including phenoxy) is 1. The summed E-state index contributed by atoms with van der Waals surface area (Å²) in [7, 11) is 0. The van der Waals surface area contributed by atoms with Gasteiger partial charge in [-0.15, -0.1) is 0 Å². The maximum absolute atomic E-state index is 12.7. The molecule has 2 aromatic carbocycles. The minimum absolute atomic E-state index is 0.0245. The quantitative estimate of drug-likeness (QED) is 0.750. The molecule has 5 heteroatoms. The Bertz CT molecular complexity index is 786. The Morgan fingerprint density at radius 3 is 2.64 bits per heavy atom. The van der Waals surface area contributed by atoms with Gasteiger partial charge in [0.2, 0.25) is 5.91 Å². The number of hydrogen-bond donors (Lipinski definition) is 0. The molecular formula is C20H20ClNO3. The fraction of sp³-hybridized carbons (Fsp3) is 0.300. The molecule has 2 aromatic rings. The molecule has 3 rings (SSSR count). The smallest absolute Gasteiger partial charge is 0.227 e. The van der Waals surface area contributed by atoms with Crippen LogP contribution >= 0.6 is 11.6 Å². The van der Waals surface area contributed by atoms with Crippen molar-refractivity contribution in [2.24, 2.45) is 0 Å². The van der Waals surface area contributed by atoms with Gasteiger partial charge in [-0.2, -0.15) is 0 Å². The maximum Gasteiger partial charge on any atom is 0.227 e. The van der Waals surface area contributed by atoms with Crippen LogP contribution in [0.2, 0.25) is 5.02 Å². The van der Waals surface area contributed by atoms with E-state index >= 15 is 0 Å². The van der Waals surface area contributed by atoms with Gasteiger partial charge in [0.15, 0.2) is 5.78 Å². The summed E-state index contributed by atoms with van der Waals surface area (Å²) in [5.41, 5.74) is 2.44. The average molecular weight is 358 g/mol. The summed E-state index contributed by atoms with van der Waals surface area (Å²) in [5.74, 6) is 0.685. The van der Waals surface area contributed by atoms with E-state index in [1.54, 1.807) is 23.1 Å². The first-order valence-corrected chi connectivity index (χ1v) is 8.75. The molecule has 130 valence electrons. The highest BCUT2D eigenvalue weighted by Gasteiger charge is 2.24. The van der Waals surface area contributed by atoms with E-state index in [-0.39, 0.29) is 11.7 Å². The first-order valence-electron chi connectivity index (χ1n) is 8.37. The molecule has 0 bridgehead atoms. The zero-order valence-corrected chi connectivity index (χ0v) is 14.9. The summed E-state index contributed by atoms with van der Waals surface area (Å²) < 4.78 is 5.61. The number of Topliss-reactive ketones (excluding diaryl/α,β-unsaturated/α-hetero) is 1. The summed E-state index contributed by atoms with van der Waals surface area (Å²) in [4.78, 5) is 26.0. The van der Waals surface area contributed by atoms with Crippen LogP contribution in [0.25, 0.3) is 0 Å². The lowest BCUT2D eigenvalue weighted by Crippen LogP contribution is -2.38. The SMILES string of the molecule is CC(=O)c1ccc2c(c1)N(C(=O)CCCc1ccc(Cl)cc1)CCO2. The Morgan fingerprint density at radius 2 is 1.92 bits per heavy atom. The summed E-state index contributed by atoms with van der Waals surface area (Å²) in [6.07, 6.45) is 2.04. The molecule has 0 radical (unpaired) electrons. The summed E-state index contributed by atoms with van der Waals surface area (Å²) in [5, 5.41) is 0.714. The number of halogens is 1. The van der Waals surface area contributed by atoms with Crippen LogP contribution in [-0.4, -0.2) is 24.8 Å². The number of ketones is 1. The third kappa shape index (κ3) is 4.20. The van der Waals surface area contributed by atoms with Crippen molar-refractivity contribution in [2.75, 3.05) is 18.1 Å². The maximum atomic E-state index is 12.7. The van der Waals surface area contributed by atoms with Crippen molar-refractivity contribution in [2.45, 2.75) is 26.2 Å². The number of aryl methyl sites for hydroxylation is 1. The zero-order chi connectivity index (χ0) is 17.8. The van der Waals surface area contributed by atoms with Gasteiger partial charge in [-0.3, -0.25) is 9.59 Å². The predicted octanol–water partition coefficient (Wildman–Crippen LogP) is 4.29. The monoisotopic (exact) mass is 357 g/mol. The molecule has 4 nitrogen and oxygen atoms in total. The lowest BCUT2D eigenvalue weighted by molar-refractivity contribution is -0.119. The highest BCUT2D eigenvalue weighted by molar-refractivity contribution is 6.30. The Hall–Kier alpha value is -2.33. The lowest BCUT2D eigenvalue weighted by atomic mass is 10.1. The van der Waals surface area contributed by atoms with Crippen LogP contribution in [0.15, 0.2) is 42.5 Å². The van der Waals surface area contributed by atoms with Crippen LogP contribution in [0, 0.1) is 0 Å². The van der Waals surface area contributed by atoms with Crippen molar-refractivity contribution >= 4 is 29.0 Å². The number of rotatable bonds is 5. The lowest BCUT2D eigenvalue weighted by Gasteiger charge is -2.30. The molecule has 25 heavy (non-hydrogen) atoms. The van der Waals surface area contributed by atoms with Crippen molar-refractivity contribution in [3.63, 3.8) is 0 Å². The molecule has 0 unspecified atom stereocenters. The van der Waals surface area contributed by atoms with Gasteiger partial charge in [0, 0.05) is 17.0 Å². The number of carbonyl (C=O) groups is 2. The normalized spacial score (nSPS) is 13.1. The third-order valence-electron chi connectivity index (χ3n) is 4.30. The molecule has 0 saturated carbocycles. The largest absolute Gasteiger partial charge is 0.490 e. The van der Waals surface area contributed by atoms with Crippen LogP contribution < -0.4 is 9.64 Å². The van der Waals surface area contributed by atoms with E-state index in [4.69, 9.17) is 16.3 Å². The molecule has 0 atom stereocenters. The van der Waals surface area contributed by atoms with Crippen LogP contribution in [0.3, 0.4) is 0 Å². The van der Waals surface area contributed by atoms with Crippen LogP contribution in [0.5, 0.6) is 5.75 Å². The van der Waals surface area contributed by atoms with E-state index in [9.17, 15) is 9.59 Å². The van der Waals surface area contributed by atoms with E-state index < -0.39 is 0 Å². The fourth-order valence-electron chi connectivity index (χ4n) is 2.93. The number of amides is 1. The zero-order valence-electron chi connectivity index (χ0n) is 14.1. The van der Waals surface area contributed by atoms with Gasteiger partial charge >= 0.3 is 0 Å².